The molecule has 0 aliphatic heterocycles. The van der Waals surface area contributed by atoms with Gasteiger partial charge in [-0.05, 0) is 36.4 Å². The lowest BCUT2D eigenvalue weighted by Gasteiger charge is -2.06. The predicted molar refractivity (Wildman–Crippen MR) is 96.8 cm³/mol. The molecule has 29 heavy (non-hydrogen) atoms. The summed E-state index contributed by atoms with van der Waals surface area (Å²) in [7, 11) is 1.26. The van der Waals surface area contributed by atoms with Crippen molar-refractivity contribution in [3.05, 3.63) is 77.1 Å². The lowest BCUT2D eigenvalue weighted by Crippen LogP contribution is -2.04. The van der Waals surface area contributed by atoms with Gasteiger partial charge in [0.25, 0.3) is 0 Å². The standard InChI is InChI=1S/C20H14F3N3O3/c1-28-19(27)17-9-8-16(29-17)11-25-18-14(10-24-12-26-18)5-2-13-3-6-15(7-4-13)20(21,22)23/h3-4,6-10,12H,11H2,1H3,(H,24,25,26). The van der Waals surface area contributed by atoms with E-state index in [0.717, 1.165) is 12.1 Å². The number of rotatable bonds is 4. The summed E-state index contributed by atoms with van der Waals surface area (Å²) >= 11 is 0. The van der Waals surface area contributed by atoms with Gasteiger partial charge < -0.3 is 14.5 Å². The number of hydrogen-bond donors (Lipinski definition) is 1. The number of alkyl halides is 3. The third-order valence-corrected chi connectivity index (χ3v) is 3.74. The maximum atomic E-state index is 12.6. The number of carbonyl (C=O) groups is 1. The van der Waals surface area contributed by atoms with Crippen LogP contribution < -0.4 is 5.32 Å². The van der Waals surface area contributed by atoms with Crippen LogP contribution in [0.3, 0.4) is 0 Å². The number of carbonyl (C=O) groups excluding carboxylic acids is 1. The van der Waals surface area contributed by atoms with Gasteiger partial charge >= 0.3 is 12.1 Å². The minimum absolute atomic E-state index is 0.0781. The molecular formula is C20H14F3N3O3. The number of halogens is 3. The van der Waals surface area contributed by atoms with Crippen LogP contribution in [0.4, 0.5) is 19.0 Å². The molecule has 0 bridgehead atoms. The van der Waals surface area contributed by atoms with Crippen molar-refractivity contribution in [3.8, 4) is 11.8 Å². The highest BCUT2D eigenvalue weighted by molar-refractivity contribution is 5.86. The molecule has 2 aromatic heterocycles. The minimum Gasteiger partial charge on any atom is -0.463 e. The van der Waals surface area contributed by atoms with Crippen LogP contribution in [0.2, 0.25) is 0 Å². The zero-order valence-electron chi connectivity index (χ0n) is 15.1. The SMILES string of the molecule is COC(=O)c1ccc(CNc2ncncc2C#Cc2ccc(C(F)(F)F)cc2)o1. The molecule has 0 amide bonds. The van der Waals surface area contributed by atoms with Crippen molar-refractivity contribution in [1.29, 1.82) is 0 Å². The second-order valence-electron chi connectivity index (χ2n) is 5.72. The molecule has 6 nitrogen and oxygen atoms in total. The highest BCUT2D eigenvalue weighted by Gasteiger charge is 2.29. The third-order valence-electron chi connectivity index (χ3n) is 3.74. The van der Waals surface area contributed by atoms with E-state index in [4.69, 9.17) is 4.42 Å². The number of aromatic nitrogens is 2. The number of nitrogens with zero attached hydrogens (tertiary/aromatic N) is 2. The molecular weight excluding hydrogens is 387 g/mol. The van der Waals surface area contributed by atoms with Crippen LogP contribution in [0, 0.1) is 11.8 Å². The molecule has 0 saturated heterocycles. The Morgan fingerprint density at radius 2 is 1.93 bits per heavy atom. The zero-order valence-corrected chi connectivity index (χ0v) is 15.1. The fraction of sp³-hybridized carbons (Fsp3) is 0.150. The number of methoxy groups -OCH3 is 1. The maximum Gasteiger partial charge on any atom is 0.416 e. The molecule has 0 spiro atoms. The molecule has 1 N–H and O–H groups in total. The largest absolute Gasteiger partial charge is 0.463 e. The molecule has 3 rings (SSSR count). The average molecular weight is 401 g/mol. The fourth-order valence-electron chi connectivity index (χ4n) is 2.30. The molecule has 148 valence electrons. The minimum atomic E-state index is -4.39. The van der Waals surface area contributed by atoms with Crippen LogP contribution in [0.15, 0.2) is 53.3 Å². The van der Waals surface area contributed by atoms with E-state index in [1.165, 1.54) is 37.8 Å². The fourth-order valence-corrected chi connectivity index (χ4v) is 2.30. The Balaban J connectivity index is 1.72. The van der Waals surface area contributed by atoms with Gasteiger partial charge in [0, 0.05) is 11.8 Å². The Labute approximate surface area is 163 Å². The molecule has 0 radical (unpaired) electrons. The smallest absolute Gasteiger partial charge is 0.416 e. The van der Waals surface area contributed by atoms with Crippen molar-refractivity contribution in [2.75, 3.05) is 12.4 Å². The van der Waals surface area contributed by atoms with E-state index in [0.29, 0.717) is 22.7 Å². The van der Waals surface area contributed by atoms with Gasteiger partial charge in [-0.25, -0.2) is 14.8 Å². The normalized spacial score (nSPS) is 10.8. The van der Waals surface area contributed by atoms with Gasteiger partial charge in [0.05, 0.1) is 24.8 Å². The van der Waals surface area contributed by atoms with Gasteiger partial charge in [-0.2, -0.15) is 13.2 Å². The summed E-state index contributed by atoms with van der Waals surface area (Å²) in [5, 5.41) is 3.02. The van der Waals surface area contributed by atoms with Crippen molar-refractivity contribution in [1.82, 2.24) is 9.97 Å². The van der Waals surface area contributed by atoms with Crippen LogP contribution in [0.1, 0.15) is 33.0 Å². The summed E-state index contributed by atoms with van der Waals surface area (Å²) in [6.07, 6.45) is -1.59. The van der Waals surface area contributed by atoms with Crippen LogP contribution in [0.25, 0.3) is 0 Å². The van der Waals surface area contributed by atoms with Gasteiger partial charge in [-0.15, -0.1) is 0 Å². The van der Waals surface area contributed by atoms with Crippen LogP contribution in [-0.2, 0) is 17.5 Å². The molecule has 0 fully saturated rings. The van der Waals surface area contributed by atoms with Crippen LogP contribution in [0.5, 0.6) is 0 Å². The second kappa shape index (κ2) is 8.48. The van der Waals surface area contributed by atoms with E-state index in [2.05, 4.69) is 31.9 Å². The number of ether oxygens (including phenoxy) is 1. The molecule has 0 unspecified atom stereocenters. The van der Waals surface area contributed by atoms with Gasteiger partial charge in [0.1, 0.15) is 17.9 Å². The molecule has 9 heteroatoms. The van der Waals surface area contributed by atoms with Gasteiger partial charge in [-0.3, -0.25) is 0 Å². The number of anilines is 1. The first-order chi connectivity index (χ1) is 13.9. The first-order valence-electron chi connectivity index (χ1n) is 8.27. The predicted octanol–water partition coefficient (Wildman–Crippen LogP) is 3.89. The number of hydrogen-bond acceptors (Lipinski definition) is 6. The molecule has 0 saturated carbocycles. The summed E-state index contributed by atoms with van der Waals surface area (Å²) < 4.78 is 47.8. The van der Waals surface area contributed by atoms with E-state index in [-0.39, 0.29) is 12.3 Å². The topological polar surface area (TPSA) is 77.2 Å². The van der Waals surface area contributed by atoms with Gasteiger partial charge in [0.2, 0.25) is 5.76 Å². The first kappa shape index (κ1) is 19.9. The van der Waals surface area contributed by atoms with Gasteiger partial charge in [-0.1, -0.05) is 11.8 Å². The molecule has 1 aromatic carbocycles. The second-order valence-corrected chi connectivity index (χ2v) is 5.72. The van der Waals surface area contributed by atoms with Crippen molar-refractivity contribution < 1.29 is 27.1 Å². The van der Waals surface area contributed by atoms with Gasteiger partial charge in [0.15, 0.2) is 0 Å². The van der Waals surface area contributed by atoms with Crippen molar-refractivity contribution >= 4 is 11.8 Å². The number of furan rings is 1. The number of nitrogens with one attached hydrogen (secondary N) is 1. The van der Waals surface area contributed by atoms with Crippen molar-refractivity contribution in [3.63, 3.8) is 0 Å². The van der Waals surface area contributed by atoms with Crippen molar-refractivity contribution in [2.24, 2.45) is 0 Å². The van der Waals surface area contributed by atoms with Crippen molar-refractivity contribution in [2.45, 2.75) is 12.7 Å². The van der Waals surface area contributed by atoms with E-state index < -0.39 is 17.7 Å². The summed E-state index contributed by atoms with van der Waals surface area (Å²) in [6, 6.07) is 7.65. The van der Waals surface area contributed by atoms with Crippen LogP contribution >= 0.6 is 0 Å². The number of esters is 1. The van der Waals surface area contributed by atoms with E-state index in [9.17, 15) is 18.0 Å². The third kappa shape index (κ3) is 5.13. The first-order valence-corrected chi connectivity index (χ1v) is 8.27. The lowest BCUT2D eigenvalue weighted by molar-refractivity contribution is -0.137. The molecule has 0 atom stereocenters. The molecule has 3 aromatic rings. The summed E-state index contributed by atoms with van der Waals surface area (Å²) in [6.45, 7) is 0.225. The Kier molecular flexibility index (Phi) is 5.83. The monoisotopic (exact) mass is 401 g/mol. The summed E-state index contributed by atoms with van der Waals surface area (Å²) in [4.78, 5) is 19.4. The van der Waals surface area contributed by atoms with Crippen LogP contribution in [-0.4, -0.2) is 23.0 Å². The average Bonchev–Trinajstić information content (AvgIpc) is 3.19. The lowest BCUT2D eigenvalue weighted by atomic mass is 10.1. The molecule has 0 aliphatic rings. The number of benzene rings is 1. The molecule has 2 heterocycles. The Morgan fingerprint density at radius 1 is 1.17 bits per heavy atom. The Hall–Kier alpha value is -3.80. The summed E-state index contributed by atoms with van der Waals surface area (Å²) in [5.41, 5.74) is 0.131. The highest BCUT2D eigenvalue weighted by Crippen LogP contribution is 2.29. The molecule has 0 aliphatic carbocycles. The highest BCUT2D eigenvalue weighted by atomic mass is 19.4. The Morgan fingerprint density at radius 3 is 2.62 bits per heavy atom. The van der Waals surface area contributed by atoms with E-state index >= 15 is 0 Å². The van der Waals surface area contributed by atoms with E-state index in [1.807, 2.05) is 0 Å². The summed E-state index contributed by atoms with van der Waals surface area (Å²) in [5.74, 6) is 6.00. The maximum absolute atomic E-state index is 12.6. The van der Waals surface area contributed by atoms with E-state index in [1.54, 1.807) is 6.07 Å². The zero-order chi connectivity index (χ0) is 20.9. The quantitative estimate of drug-likeness (QED) is 0.528. The Bertz CT molecular complexity index is 1060.